The molecule has 0 amide bonds. The van der Waals surface area contributed by atoms with Gasteiger partial charge in [0.2, 0.25) is 0 Å². The number of thiazole rings is 1. The lowest BCUT2D eigenvalue weighted by molar-refractivity contribution is 0.417. The first-order valence-corrected chi connectivity index (χ1v) is 8.56. The first-order chi connectivity index (χ1) is 9.11. The normalized spacial score (nSPS) is 13.5. The number of hydrogen-bond acceptors (Lipinski definition) is 3. The van der Waals surface area contributed by atoms with E-state index >= 15 is 0 Å². The predicted octanol–water partition coefficient (Wildman–Crippen LogP) is 3.69. The highest BCUT2D eigenvalue weighted by molar-refractivity contribution is 7.85. The van der Waals surface area contributed by atoms with Crippen molar-refractivity contribution in [3.8, 4) is 0 Å². The summed E-state index contributed by atoms with van der Waals surface area (Å²) in [5.41, 5.74) is 0.941. The van der Waals surface area contributed by atoms with E-state index in [4.69, 9.17) is 0 Å². The van der Waals surface area contributed by atoms with E-state index in [1.54, 1.807) is 0 Å². The van der Waals surface area contributed by atoms with Crippen LogP contribution in [-0.4, -0.2) is 26.6 Å². The van der Waals surface area contributed by atoms with Gasteiger partial charge in [0.25, 0.3) is 0 Å². The van der Waals surface area contributed by atoms with Crippen LogP contribution in [0.3, 0.4) is 0 Å². The summed E-state index contributed by atoms with van der Waals surface area (Å²) in [7, 11) is -1.13. The smallest absolute Gasteiger partial charge is 0.197 e. The van der Waals surface area contributed by atoms with Crippen LogP contribution >= 0.6 is 11.3 Å². The first-order valence-electron chi connectivity index (χ1n) is 6.64. The summed E-state index contributed by atoms with van der Waals surface area (Å²) in [4.78, 5) is 4.49. The minimum atomic E-state index is -1.13. The Hall–Kier alpha value is -0.780. The van der Waals surface area contributed by atoms with Gasteiger partial charge in [0.1, 0.15) is 0 Å². The van der Waals surface area contributed by atoms with Crippen molar-refractivity contribution in [1.82, 2.24) is 9.29 Å². The lowest BCUT2D eigenvalue weighted by atomic mass is 10.1. The number of para-hydroxylation sites is 1. The van der Waals surface area contributed by atoms with Gasteiger partial charge >= 0.3 is 0 Å². The quantitative estimate of drug-likeness (QED) is 0.814. The third-order valence-electron chi connectivity index (χ3n) is 2.97. The lowest BCUT2D eigenvalue weighted by Crippen LogP contribution is -2.27. The number of benzene rings is 1. The molecular weight excluding hydrogens is 276 g/mol. The first kappa shape index (κ1) is 14.6. The van der Waals surface area contributed by atoms with Gasteiger partial charge in [-0.2, -0.15) is 0 Å². The minimum Gasteiger partial charge on any atom is -0.235 e. The number of nitrogens with zero attached hydrogens (tertiary/aromatic N) is 2. The van der Waals surface area contributed by atoms with Crippen molar-refractivity contribution in [3.63, 3.8) is 0 Å². The zero-order valence-electron chi connectivity index (χ0n) is 11.6. The SMILES string of the molecule is CCN(CCC(C)C)S(=O)c1nc2ccccc2s1. The van der Waals surface area contributed by atoms with E-state index < -0.39 is 11.0 Å². The van der Waals surface area contributed by atoms with Gasteiger partial charge in [-0.05, 0) is 24.5 Å². The maximum absolute atomic E-state index is 12.5. The van der Waals surface area contributed by atoms with Gasteiger partial charge in [0.05, 0.1) is 10.2 Å². The average Bonchev–Trinajstić information content (AvgIpc) is 2.82. The van der Waals surface area contributed by atoms with Crippen molar-refractivity contribution in [2.24, 2.45) is 5.92 Å². The molecule has 2 aromatic rings. The molecule has 0 aliphatic heterocycles. The Balaban J connectivity index is 2.16. The Bertz CT molecular complexity index is 532. The third-order valence-corrected chi connectivity index (χ3v) is 5.78. The summed E-state index contributed by atoms with van der Waals surface area (Å²) in [6.07, 6.45) is 1.06. The Labute approximate surface area is 121 Å². The fourth-order valence-electron chi connectivity index (χ4n) is 1.80. The zero-order chi connectivity index (χ0) is 13.8. The van der Waals surface area contributed by atoms with Gasteiger partial charge in [-0.3, -0.25) is 0 Å². The fourth-order valence-corrected chi connectivity index (χ4v) is 4.27. The van der Waals surface area contributed by atoms with Crippen molar-refractivity contribution in [2.45, 2.75) is 31.5 Å². The number of fused-ring (bicyclic) bond motifs is 1. The van der Waals surface area contributed by atoms with Gasteiger partial charge in [-0.15, -0.1) is 11.3 Å². The summed E-state index contributed by atoms with van der Waals surface area (Å²) in [5, 5.41) is 0. The molecule has 0 saturated heterocycles. The van der Waals surface area contributed by atoms with E-state index in [1.807, 2.05) is 35.5 Å². The molecule has 0 radical (unpaired) electrons. The largest absolute Gasteiger partial charge is 0.235 e. The summed E-state index contributed by atoms with van der Waals surface area (Å²) < 4.78 is 16.4. The van der Waals surface area contributed by atoms with Crippen LogP contribution < -0.4 is 0 Å². The van der Waals surface area contributed by atoms with Crippen LogP contribution in [0.5, 0.6) is 0 Å². The van der Waals surface area contributed by atoms with Crippen LogP contribution in [0.1, 0.15) is 27.2 Å². The molecule has 2 rings (SSSR count). The monoisotopic (exact) mass is 296 g/mol. The van der Waals surface area contributed by atoms with Crippen molar-refractivity contribution < 1.29 is 4.21 Å². The molecule has 1 aromatic carbocycles. The van der Waals surface area contributed by atoms with E-state index in [0.29, 0.717) is 10.3 Å². The maximum Gasteiger partial charge on any atom is 0.197 e. The fraction of sp³-hybridized carbons (Fsp3) is 0.500. The van der Waals surface area contributed by atoms with Crippen molar-refractivity contribution in [3.05, 3.63) is 24.3 Å². The number of aromatic nitrogens is 1. The molecule has 104 valence electrons. The molecule has 0 bridgehead atoms. The second kappa shape index (κ2) is 6.59. The number of rotatable bonds is 6. The van der Waals surface area contributed by atoms with Gasteiger partial charge in [0, 0.05) is 13.1 Å². The van der Waals surface area contributed by atoms with Crippen LogP contribution in [0.2, 0.25) is 0 Å². The Morgan fingerprint density at radius 1 is 1.37 bits per heavy atom. The van der Waals surface area contributed by atoms with Gasteiger partial charge in [-0.1, -0.05) is 32.9 Å². The average molecular weight is 296 g/mol. The van der Waals surface area contributed by atoms with Crippen LogP contribution in [0.4, 0.5) is 0 Å². The predicted molar refractivity (Wildman–Crippen MR) is 82.7 cm³/mol. The molecular formula is C14H20N2OS2. The van der Waals surface area contributed by atoms with E-state index in [2.05, 4.69) is 18.8 Å². The Kier molecular flexibility index (Phi) is 5.07. The topological polar surface area (TPSA) is 33.2 Å². The van der Waals surface area contributed by atoms with Gasteiger partial charge in [0.15, 0.2) is 15.3 Å². The summed E-state index contributed by atoms with van der Waals surface area (Å²) in [6, 6.07) is 7.95. The molecule has 3 nitrogen and oxygen atoms in total. The summed E-state index contributed by atoms with van der Waals surface area (Å²) in [5.74, 6) is 0.626. The van der Waals surface area contributed by atoms with Crippen LogP contribution in [0, 0.1) is 5.92 Å². The second-order valence-corrected chi connectivity index (χ2v) is 7.59. The number of hydrogen-bond donors (Lipinski definition) is 0. The Morgan fingerprint density at radius 3 is 2.74 bits per heavy atom. The van der Waals surface area contributed by atoms with E-state index in [9.17, 15) is 4.21 Å². The third kappa shape index (κ3) is 3.61. The molecule has 0 fully saturated rings. The summed E-state index contributed by atoms with van der Waals surface area (Å²) >= 11 is 1.53. The van der Waals surface area contributed by atoms with Crippen LogP contribution in [0.15, 0.2) is 28.6 Å². The standard InChI is InChI=1S/C14H20N2OS2/c1-4-16(10-9-11(2)3)19(17)14-15-12-7-5-6-8-13(12)18-14/h5-8,11H,4,9-10H2,1-3H3. The second-order valence-electron chi connectivity index (χ2n) is 4.90. The highest BCUT2D eigenvalue weighted by atomic mass is 32.2. The summed E-state index contributed by atoms with van der Waals surface area (Å²) in [6.45, 7) is 8.07. The molecule has 1 heterocycles. The van der Waals surface area contributed by atoms with Crippen molar-refractivity contribution >= 4 is 32.5 Å². The molecule has 5 heteroatoms. The van der Waals surface area contributed by atoms with E-state index in [-0.39, 0.29) is 0 Å². The van der Waals surface area contributed by atoms with E-state index in [0.717, 1.165) is 29.7 Å². The van der Waals surface area contributed by atoms with Crippen LogP contribution in [0.25, 0.3) is 10.2 Å². The van der Waals surface area contributed by atoms with Crippen LogP contribution in [-0.2, 0) is 11.0 Å². The highest BCUT2D eigenvalue weighted by Crippen LogP contribution is 2.25. The molecule has 0 aliphatic carbocycles. The molecule has 0 aliphatic rings. The van der Waals surface area contributed by atoms with Crippen molar-refractivity contribution in [1.29, 1.82) is 0 Å². The molecule has 0 spiro atoms. The maximum atomic E-state index is 12.5. The molecule has 0 saturated carbocycles. The zero-order valence-corrected chi connectivity index (χ0v) is 13.3. The van der Waals surface area contributed by atoms with Gasteiger partial charge in [-0.25, -0.2) is 13.5 Å². The molecule has 0 N–H and O–H groups in total. The molecule has 1 aromatic heterocycles. The Morgan fingerprint density at radius 2 is 2.11 bits per heavy atom. The van der Waals surface area contributed by atoms with Crippen molar-refractivity contribution in [2.75, 3.05) is 13.1 Å². The minimum absolute atomic E-state index is 0.626. The molecule has 1 atom stereocenters. The highest BCUT2D eigenvalue weighted by Gasteiger charge is 2.17. The molecule has 19 heavy (non-hydrogen) atoms. The lowest BCUT2D eigenvalue weighted by Gasteiger charge is -2.18. The van der Waals surface area contributed by atoms with Gasteiger partial charge < -0.3 is 0 Å². The van der Waals surface area contributed by atoms with E-state index in [1.165, 1.54) is 11.3 Å². The molecule has 1 unspecified atom stereocenters.